The number of anilines is 1. The first kappa shape index (κ1) is 16.3. The van der Waals surface area contributed by atoms with Crippen molar-refractivity contribution in [1.82, 2.24) is 14.7 Å². The van der Waals surface area contributed by atoms with Gasteiger partial charge in [0.15, 0.2) is 0 Å². The van der Waals surface area contributed by atoms with E-state index in [0.717, 1.165) is 31.7 Å². The van der Waals surface area contributed by atoms with E-state index in [-0.39, 0.29) is 10.6 Å². The summed E-state index contributed by atoms with van der Waals surface area (Å²) in [6.45, 7) is 3.87. The first-order valence-electron chi connectivity index (χ1n) is 7.49. The van der Waals surface area contributed by atoms with Crippen molar-refractivity contribution in [3.63, 3.8) is 0 Å². The van der Waals surface area contributed by atoms with E-state index in [1.54, 1.807) is 12.3 Å². The van der Waals surface area contributed by atoms with Crippen molar-refractivity contribution >= 4 is 28.9 Å². The summed E-state index contributed by atoms with van der Waals surface area (Å²) in [4.78, 5) is 16.9. The van der Waals surface area contributed by atoms with Crippen LogP contribution in [0.2, 0.25) is 10.0 Å². The lowest BCUT2D eigenvalue weighted by Gasteiger charge is -2.34. The zero-order valence-corrected chi connectivity index (χ0v) is 14.4. The van der Waals surface area contributed by atoms with Crippen molar-refractivity contribution < 1.29 is 0 Å². The second-order valence-electron chi connectivity index (χ2n) is 5.69. The molecule has 2 heterocycles. The Kier molecular flexibility index (Phi) is 4.90. The molecule has 0 unspecified atom stereocenters. The fourth-order valence-electron chi connectivity index (χ4n) is 2.62. The Morgan fingerprint density at radius 3 is 2.52 bits per heavy atom. The van der Waals surface area contributed by atoms with Crippen LogP contribution in [0.1, 0.15) is 5.56 Å². The van der Waals surface area contributed by atoms with Crippen LogP contribution in [0.3, 0.4) is 0 Å². The molecule has 0 N–H and O–H groups in total. The highest BCUT2D eigenvalue weighted by atomic mass is 35.5. The number of hydrogen-bond acceptors (Lipinski definition) is 4. The molecule has 3 rings (SSSR count). The lowest BCUT2D eigenvalue weighted by atomic mass is 10.2. The number of halogens is 2. The molecule has 0 spiro atoms. The Morgan fingerprint density at radius 2 is 1.83 bits per heavy atom. The van der Waals surface area contributed by atoms with Crippen molar-refractivity contribution in [2.75, 3.05) is 38.1 Å². The van der Waals surface area contributed by atoms with Gasteiger partial charge in [0.1, 0.15) is 5.02 Å². The van der Waals surface area contributed by atoms with Crippen LogP contribution in [-0.2, 0) is 6.54 Å². The number of aromatic nitrogens is 2. The lowest BCUT2D eigenvalue weighted by Crippen LogP contribution is -2.45. The second-order valence-corrected chi connectivity index (χ2v) is 6.47. The maximum atomic E-state index is 12.5. The minimum Gasteiger partial charge on any atom is -0.366 e. The molecule has 1 fully saturated rings. The van der Waals surface area contributed by atoms with Gasteiger partial charge in [-0.3, -0.25) is 4.79 Å². The first-order valence-corrected chi connectivity index (χ1v) is 8.24. The number of nitrogens with zero attached hydrogens (tertiary/aromatic N) is 4. The molecule has 1 saturated heterocycles. The van der Waals surface area contributed by atoms with Gasteiger partial charge in [-0.15, -0.1) is 0 Å². The molecule has 1 aliphatic heterocycles. The van der Waals surface area contributed by atoms with Crippen molar-refractivity contribution in [3.05, 3.63) is 56.4 Å². The number of benzene rings is 1. The molecular weight excluding hydrogens is 335 g/mol. The summed E-state index contributed by atoms with van der Waals surface area (Å²) in [5.41, 5.74) is 1.26. The fraction of sp³-hybridized carbons (Fsp3) is 0.375. The average Bonchev–Trinajstić information content (AvgIpc) is 2.55. The highest BCUT2D eigenvalue weighted by molar-refractivity contribution is 6.33. The quantitative estimate of drug-likeness (QED) is 0.850. The molecule has 23 heavy (non-hydrogen) atoms. The summed E-state index contributed by atoms with van der Waals surface area (Å²) in [6, 6.07) is 7.40. The topological polar surface area (TPSA) is 41.4 Å². The Balaban J connectivity index is 1.86. The van der Waals surface area contributed by atoms with Crippen LogP contribution in [0, 0.1) is 0 Å². The van der Waals surface area contributed by atoms with E-state index < -0.39 is 0 Å². The van der Waals surface area contributed by atoms with Gasteiger partial charge >= 0.3 is 0 Å². The van der Waals surface area contributed by atoms with E-state index in [2.05, 4.69) is 21.9 Å². The zero-order valence-electron chi connectivity index (χ0n) is 12.9. The van der Waals surface area contributed by atoms with Gasteiger partial charge < -0.3 is 9.80 Å². The normalized spacial score (nSPS) is 15.9. The van der Waals surface area contributed by atoms with Gasteiger partial charge in [0.05, 0.1) is 18.4 Å². The third-order valence-electron chi connectivity index (χ3n) is 4.09. The summed E-state index contributed by atoms with van der Waals surface area (Å²) < 4.78 is 1.35. The minimum atomic E-state index is -0.289. The van der Waals surface area contributed by atoms with Crippen LogP contribution in [0.5, 0.6) is 0 Å². The van der Waals surface area contributed by atoms with Gasteiger partial charge in [0.25, 0.3) is 5.56 Å². The summed E-state index contributed by atoms with van der Waals surface area (Å²) in [5.74, 6) is 0. The van der Waals surface area contributed by atoms with Crippen molar-refractivity contribution in [2.45, 2.75) is 6.54 Å². The largest absolute Gasteiger partial charge is 0.366 e. The summed E-state index contributed by atoms with van der Waals surface area (Å²) in [7, 11) is 2.08. The van der Waals surface area contributed by atoms with Gasteiger partial charge in [-0.1, -0.05) is 41.4 Å². The third kappa shape index (κ3) is 3.52. The molecule has 0 aliphatic carbocycles. The van der Waals surface area contributed by atoms with Gasteiger partial charge in [0, 0.05) is 31.2 Å². The molecule has 2 aromatic rings. The van der Waals surface area contributed by atoms with Crippen LogP contribution >= 0.6 is 23.2 Å². The van der Waals surface area contributed by atoms with E-state index in [0.29, 0.717) is 17.3 Å². The molecule has 0 bridgehead atoms. The van der Waals surface area contributed by atoms with Crippen LogP contribution < -0.4 is 10.5 Å². The Morgan fingerprint density at radius 1 is 1.13 bits per heavy atom. The summed E-state index contributed by atoms with van der Waals surface area (Å²) >= 11 is 12.5. The van der Waals surface area contributed by atoms with Gasteiger partial charge in [-0.25, -0.2) is 4.68 Å². The van der Waals surface area contributed by atoms with Crippen molar-refractivity contribution in [1.29, 1.82) is 0 Å². The third-order valence-corrected chi connectivity index (χ3v) is 4.81. The number of rotatable bonds is 3. The molecule has 7 heteroatoms. The van der Waals surface area contributed by atoms with Gasteiger partial charge in [-0.2, -0.15) is 5.10 Å². The molecule has 0 radical (unpaired) electrons. The van der Waals surface area contributed by atoms with Gasteiger partial charge in [0.2, 0.25) is 0 Å². The number of piperazine rings is 1. The smallest absolute Gasteiger partial charge is 0.287 e. The molecule has 1 aliphatic rings. The van der Waals surface area contributed by atoms with E-state index >= 15 is 0 Å². The molecule has 0 amide bonds. The Bertz CT molecular complexity index is 754. The van der Waals surface area contributed by atoms with Gasteiger partial charge in [-0.05, 0) is 18.7 Å². The van der Waals surface area contributed by atoms with Crippen LogP contribution in [-0.4, -0.2) is 47.9 Å². The predicted molar refractivity (Wildman–Crippen MR) is 93.8 cm³/mol. The molecule has 0 atom stereocenters. The van der Waals surface area contributed by atoms with E-state index in [1.807, 2.05) is 18.2 Å². The zero-order chi connectivity index (χ0) is 16.4. The highest BCUT2D eigenvalue weighted by Crippen LogP contribution is 2.22. The van der Waals surface area contributed by atoms with Crippen LogP contribution in [0.4, 0.5) is 5.69 Å². The summed E-state index contributed by atoms with van der Waals surface area (Å²) in [6.07, 6.45) is 1.67. The SMILES string of the molecule is CN1CCN(c2cnn(Cc3ccccc3Cl)c(=O)c2Cl)CC1. The standard InChI is InChI=1S/C16H18Cl2N4O/c1-20-6-8-21(9-7-20)14-10-19-22(16(23)15(14)18)11-12-4-2-3-5-13(12)17/h2-5,10H,6-9,11H2,1H3. The maximum absolute atomic E-state index is 12.5. The Hall–Kier alpha value is -1.56. The van der Waals surface area contributed by atoms with Crippen molar-refractivity contribution in [2.24, 2.45) is 0 Å². The van der Waals surface area contributed by atoms with Crippen LogP contribution in [0.15, 0.2) is 35.3 Å². The van der Waals surface area contributed by atoms with Crippen molar-refractivity contribution in [3.8, 4) is 0 Å². The molecule has 1 aromatic heterocycles. The molecule has 5 nitrogen and oxygen atoms in total. The molecule has 0 saturated carbocycles. The number of hydrogen-bond donors (Lipinski definition) is 0. The lowest BCUT2D eigenvalue weighted by molar-refractivity contribution is 0.312. The van der Waals surface area contributed by atoms with E-state index in [4.69, 9.17) is 23.2 Å². The van der Waals surface area contributed by atoms with E-state index in [1.165, 1.54) is 4.68 Å². The predicted octanol–water partition coefficient (Wildman–Crippen LogP) is 2.35. The van der Waals surface area contributed by atoms with E-state index in [9.17, 15) is 4.79 Å². The monoisotopic (exact) mass is 352 g/mol. The van der Waals surface area contributed by atoms with Crippen LogP contribution in [0.25, 0.3) is 0 Å². The Labute approximate surface area is 145 Å². The molecule has 1 aromatic carbocycles. The summed E-state index contributed by atoms with van der Waals surface area (Å²) in [5, 5.41) is 5.11. The second kappa shape index (κ2) is 6.91. The maximum Gasteiger partial charge on any atom is 0.287 e. The highest BCUT2D eigenvalue weighted by Gasteiger charge is 2.19. The fourth-order valence-corrected chi connectivity index (χ4v) is 3.09. The minimum absolute atomic E-state index is 0.219. The first-order chi connectivity index (χ1) is 11.1. The molecule has 122 valence electrons. The molecular formula is C16H18Cl2N4O. The average molecular weight is 353 g/mol. The number of likely N-dealkylation sites (N-methyl/N-ethyl adjacent to an activating group) is 1.